The highest BCUT2D eigenvalue weighted by molar-refractivity contribution is 9.10. The minimum absolute atomic E-state index is 0.0337. The number of halogens is 3. The van der Waals surface area contributed by atoms with Gasteiger partial charge in [-0.25, -0.2) is 13.1 Å². The third-order valence-electron chi connectivity index (χ3n) is 3.98. The molecule has 1 saturated carbocycles. The third kappa shape index (κ3) is 4.35. The van der Waals surface area contributed by atoms with Gasteiger partial charge in [-0.05, 0) is 43.7 Å². The lowest BCUT2D eigenvalue weighted by Crippen LogP contribution is -2.37. The standard InChI is InChI=1S/C14H18BrCl2NO2S/c1-2-9-3-5-11(6-4-9)18-21(19,20)14-12(16)7-10(15)8-13(14)17/h7-9,11,18H,2-6H2,1H3. The van der Waals surface area contributed by atoms with Crippen molar-refractivity contribution in [3.05, 3.63) is 26.7 Å². The molecule has 0 aromatic heterocycles. The minimum atomic E-state index is -3.70. The van der Waals surface area contributed by atoms with Crippen molar-refractivity contribution in [2.45, 2.75) is 50.0 Å². The van der Waals surface area contributed by atoms with Gasteiger partial charge in [0.15, 0.2) is 0 Å². The number of nitrogens with one attached hydrogen (secondary N) is 1. The molecule has 0 saturated heterocycles. The van der Waals surface area contributed by atoms with Gasteiger partial charge in [-0.2, -0.15) is 0 Å². The van der Waals surface area contributed by atoms with Gasteiger partial charge in [0.25, 0.3) is 0 Å². The Morgan fingerprint density at radius 2 is 1.71 bits per heavy atom. The summed E-state index contributed by atoms with van der Waals surface area (Å²) in [7, 11) is -3.70. The van der Waals surface area contributed by atoms with E-state index in [9.17, 15) is 8.42 Å². The highest BCUT2D eigenvalue weighted by atomic mass is 79.9. The molecule has 0 heterocycles. The van der Waals surface area contributed by atoms with E-state index in [1.54, 1.807) is 0 Å². The lowest BCUT2D eigenvalue weighted by atomic mass is 9.85. The van der Waals surface area contributed by atoms with Crippen LogP contribution in [0.1, 0.15) is 39.0 Å². The van der Waals surface area contributed by atoms with Gasteiger partial charge in [0.05, 0.1) is 10.0 Å². The van der Waals surface area contributed by atoms with E-state index in [1.165, 1.54) is 12.1 Å². The second-order valence-electron chi connectivity index (χ2n) is 5.45. The number of benzene rings is 1. The largest absolute Gasteiger partial charge is 0.243 e. The Hall–Kier alpha value is 0.190. The fraction of sp³-hybridized carbons (Fsp3) is 0.571. The average molecular weight is 415 g/mol. The lowest BCUT2D eigenvalue weighted by molar-refractivity contribution is 0.306. The molecule has 1 fully saturated rings. The van der Waals surface area contributed by atoms with E-state index in [1.807, 2.05) is 0 Å². The van der Waals surface area contributed by atoms with E-state index < -0.39 is 10.0 Å². The molecule has 1 N–H and O–H groups in total. The molecular formula is C14H18BrCl2NO2S. The first kappa shape index (κ1) is 17.5. The van der Waals surface area contributed by atoms with Crippen LogP contribution in [0.4, 0.5) is 0 Å². The molecule has 21 heavy (non-hydrogen) atoms. The molecule has 0 spiro atoms. The van der Waals surface area contributed by atoms with Crippen molar-refractivity contribution in [1.29, 1.82) is 0 Å². The summed E-state index contributed by atoms with van der Waals surface area (Å²) >= 11 is 15.3. The average Bonchev–Trinajstić information content (AvgIpc) is 2.37. The molecule has 3 nitrogen and oxygen atoms in total. The maximum Gasteiger partial charge on any atom is 0.243 e. The molecule has 2 rings (SSSR count). The first-order valence-corrected chi connectivity index (χ1v) is 10.0. The third-order valence-corrected chi connectivity index (χ3v) is 6.88. The monoisotopic (exact) mass is 413 g/mol. The Labute approximate surface area is 144 Å². The fourth-order valence-electron chi connectivity index (χ4n) is 2.75. The summed E-state index contributed by atoms with van der Waals surface area (Å²) in [6, 6.07) is 3.04. The van der Waals surface area contributed by atoms with Crippen LogP contribution >= 0.6 is 39.1 Å². The van der Waals surface area contributed by atoms with Crippen molar-refractivity contribution in [2.24, 2.45) is 5.92 Å². The maximum absolute atomic E-state index is 12.5. The predicted octanol–water partition coefficient (Wildman–Crippen LogP) is 5.00. The van der Waals surface area contributed by atoms with Crippen LogP contribution in [0.25, 0.3) is 0 Å². The molecule has 0 amide bonds. The van der Waals surface area contributed by atoms with Gasteiger partial charge in [0, 0.05) is 10.5 Å². The lowest BCUT2D eigenvalue weighted by Gasteiger charge is -2.28. The van der Waals surface area contributed by atoms with Crippen LogP contribution < -0.4 is 4.72 Å². The Bertz CT molecular complexity index is 590. The Balaban J connectivity index is 2.16. The zero-order chi connectivity index (χ0) is 15.6. The highest BCUT2D eigenvalue weighted by Crippen LogP contribution is 2.34. The van der Waals surface area contributed by atoms with Crippen LogP contribution in [0.3, 0.4) is 0 Å². The van der Waals surface area contributed by atoms with Gasteiger partial charge >= 0.3 is 0 Å². The van der Waals surface area contributed by atoms with Crippen LogP contribution in [-0.2, 0) is 10.0 Å². The molecule has 0 aliphatic heterocycles. The van der Waals surface area contributed by atoms with Gasteiger partial charge in [-0.1, -0.05) is 52.5 Å². The summed E-state index contributed by atoms with van der Waals surface area (Å²) in [5, 5.41) is 0.258. The Morgan fingerprint density at radius 3 is 2.19 bits per heavy atom. The van der Waals surface area contributed by atoms with Crippen molar-refractivity contribution < 1.29 is 8.42 Å². The number of rotatable bonds is 4. The highest BCUT2D eigenvalue weighted by Gasteiger charge is 2.28. The quantitative estimate of drug-likeness (QED) is 0.752. The fourth-order valence-corrected chi connectivity index (χ4v) is 5.99. The van der Waals surface area contributed by atoms with Crippen LogP contribution in [0.5, 0.6) is 0 Å². The molecule has 1 aliphatic rings. The van der Waals surface area contributed by atoms with Crippen LogP contribution in [-0.4, -0.2) is 14.5 Å². The number of sulfonamides is 1. The Kier molecular flexibility index (Phi) is 5.99. The van der Waals surface area contributed by atoms with Crippen LogP contribution in [0, 0.1) is 5.92 Å². The predicted molar refractivity (Wildman–Crippen MR) is 90.5 cm³/mol. The number of hydrogen-bond acceptors (Lipinski definition) is 2. The van der Waals surface area contributed by atoms with Gasteiger partial charge in [-0.3, -0.25) is 0 Å². The van der Waals surface area contributed by atoms with Gasteiger partial charge in [0.2, 0.25) is 10.0 Å². The summed E-state index contributed by atoms with van der Waals surface area (Å²) in [6.45, 7) is 2.18. The molecule has 1 aromatic carbocycles. The second kappa shape index (κ2) is 7.18. The molecule has 1 aliphatic carbocycles. The summed E-state index contributed by atoms with van der Waals surface area (Å²) in [5.74, 6) is 0.714. The van der Waals surface area contributed by atoms with Crippen molar-refractivity contribution in [3.63, 3.8) is 0 Å². The van der Waals surface area contributed by atoms with Crippen molar-refractivity contribution in [2.75, 3.05) is 0 Å². The van der Waals surface area contributed by atoms with E-state index in [2.05, 4.69) is 27.6 Å². The van der Waals surface area contributed by atoms with Gasteiger partial charge in [0.1, 0.15) is 4.90 Å². The molecular weight excluding hydrogens is 397 g/mol. The van der Waals surface area contributed by atoms with E-state index in [-0.39, 0.29) is 21.0 Å². The molecule has 118 valence electrons. The zero-order valence-electron chi connectivity index (χ0n) is 11.7. The summed E-state index contributed by atoms with van der Waals surface area (Å²) < 4.78 is 28.4. The van der Waals surface area contributed by atoms with Crippen molar-refractivity contribution >= 4 is 49.2 Å². The molecule has 1 aromatic rings. The maximum atomic E-state index is 12.5. The summed E-state index contributed by atoms with van der Waals surface area (Å²) in [4.78, 5) is -0.0355. The first-order chi connectivity index (χ1) is 9.83. The van der Waals surface area contributed by atoms with Gasteiger partial charge in [-0.15, -0.1) is 0 Å². The molecule has 0 atom stereocenters. The topological polar surface area (TPSA) is 46.2 Å². The smallest absolute Gasteiger partial charge is 0.208 e. The summed E-state index contributed by atoms with van der Waals surface area (Å²) in [6.07, 6.45) is 5.01. The van der Waals surface area contributed by atoms with E-state index in [4.69, 9.17) is 23.2 Å². The molecule has 0 bridgehead atoms. The zero-order valence-corrected chi connectivity index (χ0v) is 15.6. The Morgan fingerprint density at radius 1 is 1.19 bits per heavy atom. The van der Waals surface area contributed by atoms with Crippen LogP contribution in [0.15, 0.2) is 21.5 Å². The van der Waals surface area contributed by atoms with E-state index >= 15 is 0 Å². The second-order valence-corrected chi connectivity index (χ2v) is 8.83. The minimum Gasteiger partial charge on any atom is -0.208 e. The SMILES string of the molecule is CCC1CCC(NS(=O)(=O)c2c(Cl)cc(Br)cc2Cl)CC1. The summed E-state index contributed by atoms with van der Waals surface area (Å²) in [5.41, 5.74) is 0. The van der Waals surface area contributed by atoms with Gasteiger partial charge < -0.3 is 0 Å². The van der Waals surface area contributed by atoms with E-state index in [0.29, 0.717) is 10.4 Å². The van der Waals surface area contributed by atoms with Crippen LogP contribution in [0.2, 0.25) is 10.0 Å². The first-order valence-electron chi connectivity index (χ1n) is 7.00. The van der Waals surface area contributed by atoms with Crippen molar-refractivity contribution in [3.8, 4) is 0 Å². The molecule has 0 radical (unpaired) electrons. The molecule has 7 heteroatoms. The van der Waals surface area contributed by atoms with Crippen molar-refractivity contribution in [1.82, 2.24) is 4.72 Å². The molecule has 0 unspecified atom stereocenters. The normalized spacial score (nSPS) is 23.2. The van der Waals surface area contributed by atoms with E-state index in [0.717, 1.165) is 32.1 Å². The number of hydrogen-bond donors (Lipinski definition) is 1.